The van der Waals surface area contributed by atoms with Crippen LogP contribution in [0.5, 0.6) is 0 Å². The Hall–Kier alpha value is -2.63. The average molecular weight is 291 g/mol. The highest BCUT2D eigenvalue weighted by atomic mass is 16.4. The molecule has 1 aromatic carbocycles. The summed E-state index contributed by atoms with van der Waals surface area (Å²) in [4.78, 5) is 34.1. The van der Waals surface area contributed by atoms with Crippen LogP contribution in [0.1, 0.15) is 17.5 Å². The molecular weight excluding hydrogens is 274 g/mol. The van der Waals surface area contributed by atoms with Crippen molar-refractivity contribution in [2.45, 2.75) is 13.3 Å². The summed E-state index contributed by atoms with van der Waals surface area (Å²) >= 11 is 0. The molecule has 6 nitrogen and oxygen atoms in total. The molecule has 2 N–H and O–H groups in total. The van der Waals surface area contributed by atoms with Crippen molar-refractivity contribution < 1.29 is 24.6 Å². The Morgan fingerprint density at radius 2 is 1.71 bits per heavy atom. The van der Waals surface area contributed by atoms with Crippen LogP contribution in [0.3, 0.4) is 0 Å². The second kappa shape index (κ2) is 7.84. The largest absolute Gasteiger partial charge is 0.481 e. The standard InChI is InChI=1S/C15H17NO5/c1-11-2-4-12(5-3-11)6-7-13(17)16(10-15(20)21)9-8-14(18)19/h2-7H,8-10H2,1H3,(H,18,19)(H,20,21)/b7-6+. The number of amides is 1. The fourth-order valence-electron chi connectivity index (χ4n) is 1.61. The summed E-state index contributed by atoms with van der Waals surface area (Å²) in [6.07, 6.45) is 2.52. The van der Waals surface area contributed by atoms with Gasteiger partial charge in [0.05, 0.1) is 6.42 Å². The normalized spacial score (nSPS) is 10.5. The van der Waals surface area contributed by atoms with Crippen molar-refractivity contribution in [1.29, 1.82) is 0 Å². The first-order chi connectivity index (χ1) is 9.88. The third-order valence-electron chi connectivity index (χ3n) is 2.73. The van der Waals surface area contributed by atoms with Crippen molar-refractivity contribution in [3.05, 3.63) is 41.5 Å². The Labute approximate surface area is 122 Å². The predicted molar refractivity (Wildman–Crippen MR) is 76.7 cm³/mol. The molecule has 0 heterocycles. The number of aryl methyl sites for hydroxylation is 1. The van der Waals surface area contributed by atoms with E-state index < -0.39 is 24.4 Å². The minimum absolute atomic E-state index is 0.140. The Bertz CT molecular complexity index is 548. The summed E-state index contributed by atoms with van der Waals surface area (Å²) in [6.45, 7) is 1.28. The maximum Gasteiger partial charge on any atom is 0.323 e. The quantitative estimate of drug-likeness (QED) is 0.740. The minimum Gasteiger partial charge on any atom is -0.481 e. The van der Waals surface area contributed by atoms with E-state index in [4.69, 9.17) is 10.2 Å². The molecule has 0 saturated carbocycles. The average Bonchev–Trinajstić information content (AvgIpc) is 2.42. The fraction of sp³-hybridized carbons (Fsp3) is 0.267. The second-order valence-electron chi connectivity index (χ2n) is 4.54. The van der Waals surface area contributed by atoms with Crippen molar-refractivity contribution in [3.8, 4) is 0 Å². The molecule has 0 aliphatic heterocycles. The van der Waals surface area contributed by atoms with Gasteiger partial charge in [-0.1, -0.05) is 29.8 Å². The maximum absolute atomic E-state index is 11.9. The van der Waals surface area contributed by atoms with E-state index in [-0.39, 0.29) is 13.0 Å². The van der Waals surface area contributed by atoms with E-state index in [9.17, 15) is 14.4 Å². The van der Waals surface area contributed by atoms with Gasteiger partial charge in [0.15, 0.2) is 0 Å². The molecular formula is C15H17NO5. The van der Waals surface area contributed by atoms with Crippen molar-refractivity contribution >= 4 is 23.9 Å². The van der Waals surface area contributed by atoms with Gasteiger partial charge in [0.2, 0.25) is 5.91 Å². The predicted octanol–water partition coefficient (Wildman–Crippen LogP) is 1.40. The molecule has 1 aromatic rings. The van der Waals surface area contributed by atoms with Crippen LogP contribution in [0.2, 0.25) is 0 Å². The van der Waals surface area contributed by atoms with Crippen LogP contribution in [0, 0.1) is 6.92 Å². The van der Waals surface area contributed by atoms with Crippen molar-refractivity contribution in [1.82, 2.24) is 4.90 Å². The number of carboxylic acids is 2. The first-order valence-electron chi connectivity index (χ1n) is 6.35. The number of carboxylic acid groups (broad SMARTS) is 2. The van der Waals surface area contributed by atoms with Crippen molar-refractivity contribution in [3.63, 3.8) is 0 Å². The van der Waals surface area contributed by atoms with Gasteiger partial charge in [-0.15, -0.1) is 0 Å². The molecule has 0 aliphatic rings. The summed E-state index contributed by atoms with van der Waals surface area (Å²) in [6, 6.07) is 7.45. The van der Waals surface area contributed by atoms with Crippen LogP contribution in [-0.2, 0) is 14.4 Å². The lowest BCUT2D eigenvalue weighted by Crippen LogP contribution is -2.36. The Morgan fingerprint density at radius 3 is 2.24 bits per heavy atom. The number of aliphatic carboxylic acids is 2. The Balaban J connectivity index is 2.72. The lowest BCUT2D eigenvalue weighted by molar-refractivity contribution is -0.144. The lowest BCUT2D eigenvalue weighted by atomic mass is 10.1. The van der Waals surface area contributed by atoms with Crippen LogP contribution in [0.15, 0.2) is 30.3 Å². The van der Waals surface area contributed by atoms with Gasteiger partial charge in [-0.3, -0.25) is 14.4 Å². The molecule has 0 saturated heterocycles. The molecule has 0 radical (unpaired) electrons. The Kier molecular flexibility index (Phi) is 6.13. The first kappa shape index (κ1) is 16.4. The molecule has 0 aromatic heterocycles. The van der Waals surface area contributed by atoms with Gasteiger partial charge in [0.25, 0.3) is 0 Å². The SMILES string of the molecule is Cc1ccc(/C=C/C(=O)N(CCC(=O)O)CC(=O)O)cc1. The molecule has 0 unspecified atom stereocenters. The first-order valence-corrected chi connectivity index (χ1v) is 6.35. The van der Waals surface area contributed by atoms with Crippen molar-refractivity contribution in [2.24, 2.45) is 0 Å². The third-order valence-corrected chi connectivity index (χ3v) is 2.73. The van der Waals surface area contributed by atoms with E-state index in [0.717, 1.165) is 16.0 Å². The highest BCUT2D eigenvalue weighted by Gasteiger charge is 2.15. The Morgan fingerprint density at radius 1 is 1.10 bits per heavy atom. The molecule has 0 fully saturated rings. The zero-order chi connectivity index (χ0) is 15.8. The zero-order valence-corrected chi connectivity index (χ0v) is 11.7. The smallest absolute Gasteiger partial charge is 0.323 e. The van der Waals surface area contributed by atoms with Gasteiger partial charge < -0.3 is 15.1 Å². The van der Waals surface area contributed by atoms with E-state index in [0.29, 0.717) is 0 Å². The van der Waals surface area contributed by atoms with Crippen LogP contribution in [-0.4, -0.2) is 46.0 Å². The third kappa shape index (κ3) is 6.38. The van der Waals surface area contributed by atoms with Crippen LogP contribution < -0.4 is 0 Å². The number of carbonyl (C=O) groups excluding carboxylic acids is 1. The molecule has 21 heavy (non-hydrogen) atoms. The van der Waals surface area contributed by atoms with Gasteiger partial charge in [-0.2, -0.15) is 0 Å². The van der Waals surface area contributed by atoms with Gasteiger partial charge in [0.1, 0.15) is 6.54 Å². The van der Waals surface area contributed by atoms with E-state index in [1.54, 1.807) is 6.08 Å². The number of hydrogen-bond acceptors (Lipinski definition) is 3. The van der Waals surface area contributed by atoms with Gasteiger partial charge in [0, 0.05) is 12.6 Å². The molecule has 1 rings (SSSR count). The van der Waals surface area contributed by atoms with Gasteiger partial charge in [-0.25, -0.2) is 0 Å². The number of carbonyl (C=O) groups is 3. The molecule has 6 heteroatoms. The molecule has 0 spiro atoms. The maximum atomic E-state index is 11.9. The summed E-state index contributed by atoms with van der Waals surface area (Å²) in [5, 5.41) is 17.4. The number of hydrogen-bond donors (Lipinski definition) is 2. The molecule has 112 valence electrons. The number of nitrogens with zero attached hydrogens (tertiary/aromatic N) is 1. The highest BCUT2D eigenvalue weighted by molar-refractivity contribution is 5.93. The lowest BCUT2D eigenvalue weighted by Gasteiger charge is -2.17. The van der Waals surface area contributed by atoms with Gasteiger partial charge >= 0.3 is 11.9 Å². The molecule has 1 amide bonds. The molecule has 0 atom stereocenters. The van der Waals surface area contributed by atoms with E-state index in [1.807, 2.05) is 31.2 Å². The summed E-state index contributed by atoms with van der Waals surface area (Å²) in [5.74, 6) is -2.79. The van der Waals surface area contributed by atoms with Gasteiger partial charge in [-0.05, 0) is 18.6 Å². The molecule has 0 bridgehead atoms. The number of benzene rings is 1. The van der Waals surface area contributed by atoms with Crippen LogP contribution in [0.25, 0.3) is 6.08 Å². The van der Waals surface area contributed by atoms with Crippen molar-refractivity contribution in [2.75, 3.05) is 13.1 Å². The van der Waals surface area contributed by atoms with E-state index in [2.05, 4.69) is 0 Å². The summed E-state index contributed by atoms with van der Waals surface area (Å²) in [5.41, 5.74) is 1.90. The second-order valence-corrected chi connectivity index (χ2v) is 4.54. The topological polar surface area (TPSA) is 94.9 Å². The fourth-order valence-corrected chi connectivity index (χ4v) is 1.61. The van der Waals surface area contributed by atoms with E-state index in [1.165, 1.54) is 6.08 Å². The summed E-state index contributed by atoms with van der Waals surface area (Å²) < 4.78 is 0. The monoisotopic (exact) mass is 291 g/mol. The van der Waals surface area contributed by atoms with Crippen LogP contribution in [0.4, 0.5) is 0 Å². The zero-order valence-electron chi connectivity index (χ0n) is 11.7. The highest BCUT2D eigenvalue weighted by Crippen LogP contribution is 2.06. The number of rotatable bonds is 7. The van der Waals surface area contributed by atoms with Crippen LogP contribution >= 0.6 is 0 Å². The van der Waals surface area contributed by atoms with E-state index >= 15 is 0 Å². The minimum atomic E-state index is -1.18. The summed E-state index contributed by atoms with van der Waals surface area (Å²) in [7, 11) is 0. The molecule has 0 aliphatic carbocycles.